The molecule has 0 aromatic heterocycles. The Hall–Kier alpha value is -1.83. The molecular weight excluding hydrogens is 330 g/mol. The van der Waals surface area contributed by atoms with Gasteiger partial charge in [-0.25, -0.2) is 9.59 Å². The van der Waals surface area contributed by atoms with Gasteiger partial charge in [0.1, 0.15) is 16.7 Å². The number of aliphatic carboxylic acids is 1. The van der Waals surface area contributed by atoms with Crippen LogP contribution in [0.3, 0.4) is 0 Å². The first-order valence-electron chi connectivity index (χ1n) is 8.33. The van der Waals surface area contributed by atoms with Gasteiger partial charge in [0.25, 0.3) is 0 Å². The molecular formula is C17H27NO7. The number of esters is 1. The molecule has 8 nitrogen and oxygen atoms in total. The van der Waals surface area contributed by atoms with E-state index in [0.717, 1.165) is 0 Å². The van der Waals surface area contributed by atoms with Crippen LogP contribution >= 0.6 is 0 Å². The molecule has 2 rings (SSSR count). The zero-order valence-electron chi connectivity index (χ0n) is 15.5. The first kappa shape index (κ1) is 19.5. The van der Waals surface area contributed by atoms with Crippen molar-refractivity contribution in [3.63, 3.8) is 0 Å². The number of carbonyl (C=O) groups excluding carboxylic acids is 2. The van der Waals surface area contributed by atoms with Gasteiger partial charge in [-0.3, -0.25) is 4.79 Å². The fraction of sp³-hybridized carbons (Fsp3) is 0.824. The third-order valence-electron chi connectivity index (χ3n) is 4.39. The third kappa shape index (κ3) is 3.89. The van der Waals surface area contributed by atoms with Crippen LogP contribution in [0.25, 0.3) is 0 Å². The lowest BCUT2D eigenvalue weighted by atomic mass is 9.89. The summed E-state index contributed by atoms with van der Waals surface area (Å²) in [6.45, 7) is 10.1. The molecule has 5 atom stereocenters. The number of fused-ring (bicyclic) bond motifs is 1. The van der Waals surface area contributed by atoms with Gasteiger partial charge < -0.3 is 25.0 Å². The van der Waals surface area contributed by atoms with E-state index in [2.05, 4.69) is 5.32 Å². The average molecular weight is 357 g/mol. The standard InChI is InChI=1S/C17H27NO7/c1-15(2,3)24-13(22)17(18-14(23)25-16(4,5)6)7-8(19)9-10(11(9)17)12(20)21/h8-11,19H,7H2,1-6H3,(H,18,23)(H,20,21)/t8-,9-,10-,11-,17-/m0/s1. The average Bonchev–Trinajstić information content (AvgIpc) is 3.02. The Morgan fingerprint density at radius 1 is 1.04 bits per heavy atom. The van der Waals surface area contributed by atoms with E-state index >= 15 is 0 Å². The number of carboxylic acid groups (broad SMARTS) is 1. The smallest absolute Gasteiger partial charge is 0.408 e. The van der Waals surface area contributed by atoms with E-state index in [-0.39, 0.29) is 6.42 Å². The van der Waals surface area contributed by atoms with E-state index in [1.165, 1.54) is 0 Å². The van der Waals surface area contributed by atoms with Crippen molar-refractivity contribution in [3.05, 3.63) is 0 Å². The van der Waals surface area contributed by atoms with E-state index in [1.54, 1.807) is 41.5 Å². The maximum atomic E-state index is 12.8. The second-order valence-corrected chi connectivity index (χ2v) is 8.84. The number of carbonyl (C=O) groups is 3. The molecule has 0 spiro atoms. The predicted molar refractivity (Wildman–Crippen MR) is 86.7 cm³/mol. The number of hydrogen-bond donors (Lipinski definition) is 3. The summed E-state index contributed by atoms with van der Waals surface area (Å²) in [4.78, 5) is 36.5. The van der Waals surface area contributed by atoms with Crippen LogP contribution in [0.4, 0.5) is 4.79 Å². The van der Waals surface area contributed by atoms with Crippen molar-refractivity contribution in [2.45, 2.75) is 70.8 Å². The van der Waals surface area contributed by atoms with Crippen LogP contribution < -0.4 is 5.32 Å². The second-order valence-electron chi connectivity index (χ2n) is 8.84. The van der Waals surface area contributed by atoms with Crippen molar-refractivity contribution in [1.82, 2.24) is 5.32 Å². The van der Waals surface area contributed by atoms with Gasteiger partial charge in [0, 0.05) is 18.3 Å². The zero-order chi connectivity index (χ0) is 19.4. The third-order valence-corrected chi connectivity index (χ3v) is 4.39. The number of nitrogens with one attached hydrogen (secondary N) is 1. The molecule has 2 aliphatic rings. The molecule has 0 aliphatic heterocycles. The molecule has 0 unspecified atom stereocenters. The van der Waals surface area contributed by atoms with Gasteiger partial charge in [-0.1, -0.05) is 0 Å². The van der Waals surface area contributed by atoms with Crippen LogP contribution in [0, 0.1) is 17.8 Å². The number of hydrogen-bond acceptors (Lipinski definition) is 6. The number of ether oxygens (including phenoxy) is 2. The van der Waals surface area contributed by atoms with Crippen LogP contribution in [0.5, 0.6) is 0 Å². The number of rotatable bonds is 3. The number of alkyl carbamates (subject to hydrolysis) is 1. The lowest BCUT2D eigenvalue weighted by Gasteiger charge is -2.34. The van der Waals surface area contributed by atoms with Crippen LogP contribution in [0.15, 0.2) is 0 Å². The van der Waals surface area contributed by atoms with Gasteiger partial charge in [-0.15, -0.1) is 0 Å². The van der Waals surface area contributed by atoms with Crippen molar-refractivity contribution >= 4 is 18.0 Å². The largest absolute Gasteiger partial charge is 0.481 e. The van der Waals surface area contributed by atoms with Gasteiger partial charge in [0.05, 0.1) is 12.0 Å². The maximum absolute atomic E-state index is 12.8. The molecule has 2 saturated carbocycles. The Bertz CT molecular complexity index is 589. The van der Waals surface area contributed by atoms with Gasteiger partial charge in [0.2, 0.25) is 0 Å². The number of aliphatic hydroxyl groups excluding tert-OH is 1. The Balaban J connectivity index is 2.32. The fourth-order valence-corrected chi connectivity index (χ4v) is 3.63. The molecule has 0 radical (unpaired) electrons. The molecule has 0 heterocycles. The second kappa shape index (κ2) is 5.86. The summed E-state index contributed by atoms with van der Waals surface area (Å²) >= 11 is 0. The molecule has 8 heteroatoms. The molecule has 0 aromatic carbocycles. The highest BCUT2D eigenvalue weighted by Gasteiger charge is 2.76. The van der Waals surface area contributed by atoms with Gasteiger partial charge in [-0.05, 0) is 41.5 Å². The normalized spacial score (nSPS) is 34.0. The first-order valence-corrected chi connectivity index (χ1v) is 8.33. The minimum absolute atomic E-state index is 0.0970. The molecule has 1 amide bonds. The van der Waals surface area contributed by atoms with Crippen molar-refractivity contribution in [2.75, 3.05) is 0 Å². The first-order chi connectivity index (χ1) is 11.2. The highest BCUT2D eigenvalue weighted by atomic mass is 16.6. The molecule has 0 bridgehead atoms. The maximum Gasteiger partial charge on any atom is 0.408 e. The van der Waals surface area contributed by atoms with Crippen LogP contribution in [0.1, 0.15) is 48.0 Å². The summed E-state index contributed by atoms with van der Waals surface area (Å²) in [6.07, 6.45) is -1.95. The number of carboxylic acids is 1. The van der Waals surface area contributed by atoms with E-state index in [1.807, 2.05) is 0 Å². The molecule has 2 aliphatic carbocycles. The van der Waals surface area contributed by atoms with E-state index in [0.29, 0.717) is 0 Å². The van der Waals surface area contributed by atoms with Crippen LogP contribution in [0.2, 0.25) is 0 Å². The summed E-state index contributed by atoms with van der Waals surface area (Å²) in [6, 6.07) is 0. The van der Waals surface area contributed by atoms with Crippen LogP contribution in [-0.2, 0) is 19.1 Å². The lowest BCUT2D eigenvalue weighted by molar-refractivity contribution is -0.165. The monoisotopic (exact) mass is 357 g/mol. The van der Waals surface area contributed by atoms with E-state index < -0.39 is 58.6 Å². The Morgan fingerprint density at radius 3 is 1.96 bits per heavy atom. The molecule has 25 heavy (non-hydrogen) atoms. The summed E-state index contributed by atoms with van der Waals surface area (Å²) in [5.74, 6) is -4.05. The van der Waals surface area contributed by atoms with E-state index in [4.69, 9.17) is 9.47 Å². The Morgan fingerprint density at radius 2 is 1.56 bits per heavy atom. The predicted octanol–water partition coefficient (Wildman–Crippen LogP) is 1.30. The van der Waals surface area contributed by atoms with E-state index in [9.17, 15) is 24.6 Å². The highest BCUT2D eigenvalue weighted by Crippen LogP contribution is 2.62. The quantitative estimate of drug-likeness (QED) is 0.651. The minimum atomic E-state index is -1.61. The lowest BCUT2D eigenvalue weighted by Crippen LogP contribution is -2.59. The molecule has 3 N–H and O–H groups in total. The number of aliphatic hydroxyl groups is 1. The minimum Gasteiger partial charge on any atom is -0.481 e. The molecule has 2 fully saturated rings. The summed E-state index contributed by atoms with van der Waals surface area (Å²) in [5, 5.41) is 22.1. The highest BCUT2D eigenvalue weighted by molar-refractivity contribution is 5.90. The summed E-state index contributed by atoms with van der Waals surface area (Å²) in [5.41, 5.74) is -3.22. The molecule has 142 valence electrons. The number of amides is 1. The SMILES string of the molecule is CC(C)(C)OC(=O)N[C@@]1(C(=O)OC(C)(C)C)C[C@H](O)[C@H]2[C@H](C(=O)O)[C@H]21. The van der Waals surface area contributed by atoms with Gasteiger partial charge in [0.15, 0.2) is 0 Å². The van der Waals surface area contributed by atoms with Crippen molar-refractivity contribution in [2.24, 2.45) is 17.8 Å². The Labute approximate surface area is 146 Å². The molecule has 0 aromatic rings. The van der Waals surface area contributed by atoms with Crippen molar-refractivity contribution in [1.29, 1.82) is 0 Å². The summed E-state index contributed by atoms with van der Waals surface area (Å²) < 4.78 is 10.6. The molecule has 0 saturated heterocycles. The fourth-order valence-electron chi connectivity index (χ4n) is 3.63. The van der Waals surface area contributed by atoms with Crippen molar-refractivity contribution < 1.29 is 34.1 Å². The Kier molecular flexibility index (Phi) is 4.57. The van der Waals surface area contributed by atoms with Crippen molar-refractivity contribution in [3.8, 4) is 0 Å². The summed E-state index contributed by atoms with van der Waals surface area (Å²) in [7, 11) is 0. The van der Waals surface area contributed by atoms with Crippen LogP contribution in [-0.4, -0.2) is 51.1 Å². The topological polar surface area (TPSA) is 122 Å². The van der Waals surface area contributed by atoms with Gasteiger partial charge >= 0.3 is 18.0 Å². The zero-order valence-corrected chi connectivity index (χ0v) is 15.5. The van der Waals surface area contributed by atoms with Gasteiger partial charge in [-0.2, -0.15) is 0 Å².